The van der Waals surface area contributed by atoms with E-state index in [2.05, 4.69) is 0 Å². The van der Waals surface area contributed by atoms with E-state index in [-0.39, 0.29) is 36.0 Å². The highest BCUT2D eigenvalue weighted by Gasteiger charge is 2.61. The van der Waals surface area contributed by atoms with Crippen molar-refractivity contribution in [2.24, 2.45) is 11.8 Å². The van der Waals surface area contributed by atoms with Crippen LogP contribution in [-0.2, 0) is 14.4 Å². The van der Waals surface area contributed by atoms with Crippen molar-refractivity contribution < 1.29 is 24.6 Å². The van der Waals surface area contributed by atoms with Crippen LogP contribution in [0.3, 0.4) is 0 Å². The summed E-state index contributed by atoms with van der Waals surface area (Å²) >= 11 is 0. The molecule has 0 saturated carbocycles. The molecule has 4 atom stereocenters. The van der Waals surface area contributed by atoms with Crippen LogP contribution in [0.15, 0.2) is 11.3 Å². The molecule has 7 nitrogen and oxygen atoms in total. The molecule has 3 rings (SSSR count). The van der Waals surface area contributed by atoms with E-state index >= 15 is 0 Å². The molecular weight excluding hydrogens is 276 g/mol. The zero-order chi connectivity index (χ0) is 15.5. The lowest BCUT2D eigenvalue weighted by atomic mass is 9.74. The maximum atomic E-state index is 12.1. The third kappa shape index (κ3) is 1.80. The molecule has 0 aliphatic carbocycles. The van der Waals surface area contributed by atoms with Gasteiger partial charge in [-0.05, 0) is 18.9 Å². The van der Waals surface area contributed by atoms with Crippen molar-refractivity contribution in [1.29, 1.82) is 0 Å². The molecule has 0 unspecified atom stereocenters. The fraction of sp³-hybridized carbons (Fsp3) is 0.643. The molecule has 0 aromatic rings. The van der Waals surface area contributed by atoms with E-state index in [9.17, 15) is 24.6 Å². The Bertz CT molecular complexity index is 568. The van der Waals surface area contributed by atoms with Crippen LogP contribution in [0.25, 0.3) is 0 Å². The number of fused-ring (bicyclic) bond motifs is 3. The van der Waals surface area contributed by atoms with Gasteiger partial charge in [-0.2, -0.15) is 0 Å². The minimum absolute atomic E-state index is 0.0119. The second-order valence-corrected chi connectivity index (χ2v) is 5.98. The van der Waals surface area contributed by atoms with Gasteiger partial charge in [-0.3, -0.25) is 9.59 Å². The van der Waals surface area contributed by atoms with E-state index in [1.54, 1.807) is 11.8 Å². The van der Waals surface area contributed by atoms with Gasteiger partial charge in [0.05, 0.1) is 18.1 Å². The fourth-order valence-electron chi connectivity index (χ4n) is 3.88. The van der Waals surface area contributed by atoms with E-state index in [4.69, 9.17) is 0 Å². The molecule has 21 heavy (non-hydrogen) atoms. The third-order valence-corrected chi connectivity index (χ3v) is 4.83. The largest absolute Gasteiger partial charge is 0.477 e. The zero-order valence-corrected chi connectivity index (χ0v) is 11.9. The van der Waals surface area contributed by atoms with Gasteiger partial charge >= 0.3 is 5.97 Å². The molecule has 0 aromatic heterocycles. The average Bonchev–Trinajstić information content (AvgIpc) is 2.68. The molecule has 3 heterocycles. The molecule has 2 saturated heterocycles. The summed E-state index contributed by atoms with van der Waals surface area (Å²) in [4.78, 5) is 38.1. The van der Waals surface area contributed by atoms with E-state index in [1.165, 1.54) is 11.8 Å². The molecule has 114 valence electrons. The van der Waals surface area contributed by atoms with E-state index < -0.39 is 18.0 Å². The minimum Gasteiger partial charge on any atom is -0.477 e. The summed E-state index contributed by atoms with van der Waals surface area (Å²) in [6.45, 7) is 3.83. The van der Waals surface area contributed by atoms with E-state index in [1.807, 2.05) is 0 Å². The number of carboxylic acids is 1. The number of hydrogen-bond donors (Lipinski definition) is 2. The van der Waals surface area contributed by atoms with Crippen molar-refractivity contribution >= 4 is 17.8 Å². The summed E-state index contributed by atoms with van der Waals surface area (Å²) in [5, 5.41) is 19.2. The first kappa shape index (κ1) is 14.1. The molecule has 2 fully saturated rings. The summed E-state index contributed by atoms with van der Waals surface area (Å²) in [6, 6.07) is -0.271. The average molecular weight is 294 g/mol. The van der Waals surface area contributed by atoms with Crippen molar-refractivity contribution in [3.05, 3.63) is 11.3 Å². The van der Waals surface area contributed by atoms with Crippen LogP contribution >= 0.6 is 0 Å². The van der Waals surface area contributed by atoms with Gasteiger partial charge < -0.3 is 20.0 Å². The number of aliphatic carboxylic acids is 1. The first-order valence-electron chi connectivity index (χ1n) is 7.07. The predicted molar refractivity (Wildman–Crippen MR) is 70.8 cm³/mol. The smallest absolute Gasteiger partial charge is 0.352 e. The number of carbonyl (C=O) groups is 3. The van der Waals surface area contributed by atoms with Gasteiger partial charge in [0.25, 0.3) is 0 Å². The second-order valence-electron chi connectivity index (χ2n) is 5.98. The monoisotopic (exact) mass is 294 g/mol. The van der Waals surface area contributed by atoms with Crippen LogP contribution in [-0.4, -0.2) is 63.0 Å². The molecule has 0 aromatic carbocycles. The van der Waals surface area contributed by atoms with Gasteiger partial charge in [-0.1, -0.05) is 0 Å². The molecule has 0 radical (unpaired) electrons. The van der Waals surface area contributed by atoms with E-state index in [0.29, 0.717) is 18.5 Å². The summed E-state index contributed by atoms with van der Waals surface area (Å²) < 4.78 is 0. The molecule has 3 aliphatic rings. The third-order valence-electron chi connectivity index (χ3n) is 4.83. The summed E-state index contributed by atoms with van der Waals surface area (Å²) in [5.74, 6) is -2.17. The number of hydrogen-bond acceptors (Lipinski definition) is 4. The standard InChI is InChI=1S/C14H18N2O5/c1-6(17)10-11-8-3-4-15(7(2)18)5-9(8)12(14(20)21)16(11)13(10)19/h6,8,10-11,17H,3-5H2,1-2H3,(H,20,21)/t6-,8+,10-,11-/m1/s1. The van der Waals surface area contributed by atoms with Crippen molar-refractivity contribution in [3.8, 4) is 0 Å². The molecule has 2 N–H and O–H groups in total. The Labute approximate surface area is 121 Å². The number of piperidine rings is 1. The summed E-state index contributed by atoms with van der Waals surface area (Å²) in [6.07, 6.45) is -0.164. The van der Waals surface area contributed by atoms with Crippen molar-refractivity contribution in [1.82, 2.24) is 9.80 Å². The van der Waals surface area contributed by atoms with Gasteiger partial charge in [0.15, 0.2) is 0 Å². The number of carboxylic acid groups (broad SMARTS) is 1. The first-order valence-corrected chi connectivity index (χ1v) is 7.07. The highest BCUT2D eigenvalue weighted by Crippen LogP contribution is 2.49. The Balaban J connectivity index is 1.98. The molecule has 2 amide bonds. The number of likely N-dealkylation sites (tertiary alicyclic amines) is 1. The van der Waals surface area contributed by atoms with Crippen LogP contribution in [0.5, 0.6) is 0 Å². The molecular formula is C14H18N2O5. The number of amides is 2. The highest BCUT2D eigenvalue weighted by molar-refractivity contribution is 6.00. The Morgan fingerprint density at radius 1 is 1.38 bits per heavy atom. The second kappa shape index (κ2) is 4.56. The van der Waals surface area contributed by atoms with Crippen LogP contribution in [0, 0.1) is 11.8 Å². The van der Waals surface area contributed by atoms with Gasteiger partial charge in [0.1, 0.15) is 5.70 Å². The predicted octanol–water partition coefficient (Wildman–Crippen LogP) is -0.585. The topological polar surface area (TPSA) is 98.2 Å². The SMILES string of the molecule is CC(=O)N1CC[C@H]2C(=C(C(=O)O)N3C(=O)[C@H]([C@@H](C)O)[C@@H]23)C1. The lowest BCUT2D eigenvalue weighted by Crippen LogP contribution is -2.64. The van der Waals surface area contributed by atoms with Crippen molar-refractivity contribution in [2.75, 3.05) is 13.1 Å². The summed E-state index contributed by atoms with van der Waals surface area (Å²) in [7, 11) is 0. The quantitative estimate of drug-likeness (QED) is 0.664. The van der Waals surface area contributed by atoms with Gasteiger partial charge in [0.2, 0.25) is 11.8 Å². The number of rotatable bonds is 2. The first-order chi connectivity index (χ1) is 9.84. The number of β-lactam (4-membered cyclic amide) rings is 1. The van der Waals surface area contributed by atoms with Crippen LogP contribution < -0.4 is 0 Å². The fourth-order valence-corrected chi connectivity index (χ4v) is 3.88. The molecule has 7 heteroatoms. The Morgan fingerprint density at radius 3 is 2.57 bits per heavy atom. The number of aliphatic hydroxyl groups excluding tert-OH is 1. The maximum absolute atomic E-state index is 12.1. The van der Waals surface area contributed by atoms with Crippen LogP contribution in [0.4, 0.5) is 0 Å². The van der Waals surface area contributed by atoms with Gasteiger partial charge in [0, 0.05) is 25.9 Å². The lowest BCUT2D eigenvalue weighted by molar-refractivity contribution is -0.163. The Morgan fingerprint density at radius 2 is 2.05 bits per heavy atom. The Kier molecular flexibility index (Phi) is 3.05. The van der Waals surface area contributed by atoms with Crippen LogP contribution in [0.2, 0.25) is 0 Å². The normalized spacial score (nSPS) is 32.5. The van der Waals surface area contributed by atoms with Gasteiger partial charge in [-0.15, -0.1) is 0 Å². The molecule has 0 spiro atoms. The highest BCUT2D eigenvalue weighted by atomic mass is 16.4. The Hall–Kier alpha value is -1.89. The number of nitrogens with zero attached hydrogens (tertiary/aromatic N) is 2. The maximum Gasteiger partial charge on any atom is 0.352 e. The number of aliphatic hydroxyl groups is 1. The minimum atomic E-state index is -1.14. The van der Waals surface area contributed by atoms with Crippen molar-refractivity contribution in [2.45, 2.75) is 32.4 Å². The van der Waals surface area contributed by atoms with E-state index in [0.717, 1.165) is 0 Å². The zero-order valence-electron chi connectivity index (χ0n) is 11.9. The molecule has 0 bridgehead atoms. The summed E-state index contributed by atoms with van der Waals surface area (Å²) in [5.41, 5.74) is 0.656. The van der Waals surface area contributed by atoms with Gasteiger partial charge in [-0.25, -0.2) is 4.79 Å². The lowest BCUT2D eigenvalue weighted by Gasteiger charge is -2.47. The molecule has 3 aliphatic heterocycles. The van der Waals surface area contributed by atoms with Crippen molar-refractivity contribution in [3.63, 3.8) is 0 Å². The van der Waals surface area contributed by atoms with Crippen LogP contribution in [0.1, 0.15) is 20.3 Å². The number of carbonyl (C=O) groups excluding carboxylic acids is 2.